The van der Waals surface area contributed by atoms with Crippen LogP contribution < -0.4 is 10.1 Å². The molecule has 0 saturated heterocycles. The third-order valence-corrected chi connectivity index (χ3v) is 3.47. The minimum absolute atomic E-state index is 0.237. The van der Waals surface area contributed by atoms with Crippen LogP contribution in [0.5, 0.6) is 5.75 Å². The summed E-state index contributed by atoms with van der Waals surface area (Å²) < 4.78 is 5.55. The predicted octanol–water partition coefficient (Wildman–Crippen LogP) is 3.92. The van der Waals surface area contributed by atoms with Gasteiger partial charge in [-0.3, -0.25) is 4.79 Å². The van der Waals surface area contributed by atoms with Gasteiger partial charge in [0, 0.05) is 5.02 Å². The van der Waals surface area contributed by atoms with E-state index < -0.39 is 12.1 Å². The number of rotatable bonds is 5. The second kappa shape index (κ2) is 7.05. The van der Waals surface area contributed by atoms with Crippen LogP contribution in [-0.4, -0.2) is 22.1 Å². The van der Waals surface area contributed by atoms with Crippen LogP contribution in [0.2, 0.25) is 15.1 Å². The summed E-state index contributed by atoms with van der Waals surface area (Å²) >= 11 is 17.9. The molecule has 0 aliphatic carbocycles. The van der Waals surface area contributed by atoms with E-state index >= 15 is 0 Å². The van der Waals surface area contributed by atoms with E-state index in [1.54, 1.807) is 6.92 Å². The van der Waals surface area contributed by atoms with Crippen molar-refractivity contribution < 1.29 is 9.53 Å². The smallest absolute Gasteiger partial charge is 0.255 e. The van der Waals surface area contributed by atoms with Crippen molar-refractivity contribution in [1.29, 1.82) is 0 Å². The van der Waals surface area contributed by atoms with Crippen molar-refractivity contribution in [3.63, 3.8) is 0 Å². The first-order chi connectivity index (χ1) is 10.4. The number of benzene rings is 1. The first-order valence-electron chi connectivity index (χ1n) is 6.18. The second-order valence-corrected chi connectivity index (χ2v) is 5.63. The third kappa shape index (κ3) is 3.94. The van der Waals surface area contributed by atoms with Crippen molar-refractivity contribution in [2.45, 2.75) is 13.2 Å². The van der Waals surface area contributed by atoms with Gasteiger partial charge in [0.2, 0.25) is 0 Å². The van der Waals surface area contributed by atoms with Crippen molar-refractivity contribution in [1.82, 2.24) is 15.3 Å². The third-order valence-electron chi connectivity index (χ3n) is 2.69. The molecule has 5 nitrogen and oxygen atoms in total. The van der Waals surface area contributed by atoms with E-state index in [0.717, 1.165) is 0 Å². The lowest BCUT2D eigenvalue weighted by molar-refractivity contribution is -0.117. The van der Waals surface area contributed by atoms with Gasteiger partial charge in [-0.05, 0) is 19.1 Å². The molecule has 2 rings (SSSR count). The van der Waals surface area contributed by atoms with Crippen molar-refractivity contribution in [3.8, 4) is 5.75 Å². The van der Waals surface area contributed by atoms with Gasteiger partial charge in [0.05, 0.1) is 33.8 Å². The van der Waals surface area contributed by atoms with E-state index in [9.17, 15) is 4.79 Å². The van der Waals surface area contributed by atoms with E-state index in [4.69, 9.17) is 39.5 Å². The number of ether oxygens (including phenoxy) is 1. The highest BCUT2D eigenvalue weighted by atomic mass is 35.5. The fourth-order valence-electron chi connectivity index (χ4n) is 1.66. The lowest BCUT2D eigenvalue weighted by Gasteiger charge is -2.18. The summed E-state index contributed by atoms with van der Waals surface area (Å²) in [5, 5.41) is 3.53. The molecule has 0 bridgehead atoms. The number of halogens is 3. The van der Waals surface area contributed by atoms with Gasteiger partial charge in [0.15, 0.2) is 12.0 Å². The first-order valence-corrected chi connectivity index (χ1v) is 7.31. The highest BCUT2D eigenvalue weighted by Gasteiger charge is 2.17. The van der Waals surface area contributed by atoms with Crippen molar-refractivity contribution in [2.24, 2.45) is 0 Å². The van der Waals surface area contributed by atoms with Gasteiger partial charge < -0.3 is 15.0 Å². The number of hydrogen-bond acceptors (Lipinski definition) is 3. The van der Waals surface area contributed by atoms with Gasteiger partial charge in [-0.25, -0.2) is 4.98 Å². The number of nitrogens with zero attached hydrogens (tertiary/aromatic N) is 1. The van der Waals surface area contributed by atoms with Gasteiger partial charge in [0.1, 0.15) is 0 Å². The van der Waals surface area contributed by atoms with E-state index in [0.29, 0.717) is 10.7 Å². The standard InChI is InChI=1S/C14H12Cl3N3O2/c1-7(12-5-18-6-19-12)14(21)20-8(2)22-13-10(16)3-9(15)4-11(13)17/h3-6,8H,1H2,2H3,(H,18,19)(H,20,21). The number of H-pyrrole nitrogens is 1. The van der Waals surface area contributed by atoms with Crippen LogP contribution >= 0.6 is 34.8 Å². The lowest BCUT2D eigenvalue weighted by atomic mass is 10.2. The van der Waals surface area contributed by atoms with E-state index in [1.165, 1.54) is 24.7 Å². The van der Waals surface area contributed by atoms with Crippen LogP contribution in [0.25, 0.3) is 5.57 Å². The number of aromatic nitrogens is 2. The molecule has 0 aliphatic heterocycles. The molecule has 1 aromatic carbocycles. The summed E-state index contributed by atoms with van der Waals surface area (Å²) in [5.74, 6) is -0.161. The molecule has 0 spiro atoms. The van der Waals surface area contributed by atoms with Gasteiger partial charge in [0.25, 0.3) is 5.91 Å². The molecule has 2 aromatic rings. The van der Waals surface area contributed by atoms with E-state index in [1.807, 2.05) is 0 Å². The molecule has 8 heteroatoms. The quantitative estimate of drug-likeness (QED) is 0.627. The maximum absolute atomic E-state index is 12.0. The van der Waals surface area contributed by atoms with Crippen molar-refractivity contribution in [3.05, 3.63) is 52.0 Å². The predicted molar refractivity (Wildman–Crippen MR) is 87.3 cm³/mol. The SMILES string of the molecule is C=C(C(=O)NC(C)Oc1c(Cl)cc(Cl)cc1Cl)c1cnc[nH]1. The number of nitrogens with one attached hydrogen (secondary N) is 2. The number of aromatic amines is 1. The molecule has 0 radical (unpaired) electrons. The summed E-state index contributed by atoms with van der Waals surface area (Å²) in [6.07, 6.45) is 2.28. The Labute approximate surface area is 142 Å². The molecular weight excluding hydrogens is 349 g/mol. The Morgan fingerprint density at radius 1 is 1.36 bits per heavy atom. The Morgan fingerprint density at radius 3 is 2.55 bits per heavy atom. The molecule has 1 aromatic heterocycles. The summed E-state index contributed by atoms with van der Waals surface area (Å²) in [5.41, 5.74) is 0.758. The Morgan fingerprint density at radius 2 is 2.00 bits per heavy atom. The van der Waals surface area contributed by atoms with Crippen LogP contribution in [0.1, 0.15) is 12.6 Å². The average molecular weight is 361 g/mol. The Hall–Kier alpha value is -1.69. The average Bonchev–Trinajstić information content (AvgIpc) is 2.95. The van der Waals surface area contributed by atoms with Crippen LogP contribution in [0.4, 0.5) is 0 Å². The van der Waals surface area contributed by atoms with Crippen LogP contribution in [0, 0.1) is 0 Å². The molecule has 1 amide bonds. The Kier molecular flexibility index (Phi) is 5.34. The fourth-order valence-corrected chi connectivity index (χ4v) is 2.57. The second-order valence-electron chi connectivity index (χ2n) is 4.38. The van der Waals surface area contributed by atoms with E-state index in [2.05, 4.69) is 21.9 Å². The highest BCUT2D eigenvalue weighted by Crippen LogP contribution is 2.36. The lowest BCUT2D eigenvalue weighted by Crippen LogP contribution is -2.37. The monoisotopic (exact) mass is 359 g/mol. The Balaban J connectivity index is 2.03. The zero-order valence-corrected chi connectivity index (χ0v) is 13.8. The highest BCUT2D eigenvalue weighted by molar-refractivity contribution is 6.40. The molecule has 0 fully saturated rings. The molecule has 1 atom stereocenters. The molecule has 0 saturated carbocycles. The van der Waals surface area contributed by atoms with Crippen LogP contribution in [-0.2, 0) is 4.79 Å². The van der Waals surface area contributed by atoms with Gasteiger partial charge in [-0.15, -0.1) is 0 Å². The van der Waals surface area contributed by atoms with E-state index in [-0.39, 0.29) is 21.4 Å². The number of carbonyl (C=O) groups is 1. The van der Waals surface area contributed by atoms with Crippen LogP contribution in [0.15, 0.2) is 31.2 Å². The largest absolute Gasteiger partial charge is 0.468 e. The zero-order chi connectivity index (χ0) is 16.3. The fraction of sp³-hybridized carbons (Fsp3) is 0.143. The zero-order valence-electron chi connectivity index (χ0n) is 11.5. The maximum atomic E-state index is 12.0. The minimum Gasteiger partial charge on any atom is -0.468 e. The molecular formula is C14H12Cl3N3O2. The summed E-state index contributed by atoms with van der Waals surface area (Å²) in [4.78, 5) is 18.7. The van der Waals surface area contributed by atoms with Gasteiger partial charge in [-0.1, -0.05) is 41.4 Å². The molecule has 1 unspecified atom stereocenters. The van der Waals surface area contributed by atoms with Crippen molar-refractivity contribution >= 4 is 46.3 Å². The summed E-state index contributed by atoms with van der Waals surface area (Å²) in [6.45, 7) is 5.33. The number of carbonyl (C=O) groups excluding carboxylic acids is 1. The normalized spacial score (nSPS) is 11.8. The first kappa shape index (κ1) is 16.7. The number of imidazole rings is 1. The van der Waals surface area contributed by atoms with Crippen molar-refractivity contribution in [2.75, 3.05) is 0 Å². The molecule has 22 heavy (non-hydrogen) atoms. The number of hydrogen-bond donors (Lipinski definition) is 2. The summed E-state index contributed by atoms with van der Waals surface area (Å²) in [6, 6.07) is 3.00. The molecule has 116 valence electrons. The minimum atomic E-state index is -0.677. The number of amides is 1. The van der Waals surface area contributed by atoms with Crippen LogP contribution in [0.3, 0.4) is 0 Å². The summed E-state index contributed by atoms with van der Waals surface area (Å²) in [7, 11) is 0. The Bertz CT molecular complexity index is 678. The molecule has 0 aliphatic rings. The van der Waals surface area contributed by atoms with Gasteiger partial charge >= 0.3 is 0 Å². The maximum Gasteiger partial charge on any atom is 0.255 e. The van der Waals surface area contributed by atoms with Gasteiger partial charge in [-0.2, -0.15) is 0 Å². The molecule has 2 N–H and O–H groups in total. The molecule has 1 heterocycles. The topological polar surface area (TPSA) is 67.0 Å².